The number of nitrogens with two attached hydrogens (primary N) is 2. The Bertz CT molecular complexity index is 1100. The van der Waals surface area contributed by atoms with Crippen molar-refractivity contribution in [1.82, 2.24) is 4.98 Å². The monoisotopic (exact) mass is 369 g/mol. The molecule has 3 rings (SSSR count). The minimum atomic E-state index is -0.771. The van der Waals surface area contributed by atoms with E-state index in [1.54, 1.807) is 38.1 Å². The van der Waals surface area contributed by atoms with E-state index in [1.807, 2.05) is 0 Å². The van der Waals surface area contributed by atoms with Crippen molar-refractivity contribution in [3.05, 3.63) is 63.3 Å². The number of carbonyl (C=O) groups excluding carboxylic acids is 2. The topological polar surface area (TPSA) is 141 Å². The molecule has 0 radical (unpaired) electrons. The zero-order chi connectivity index (χ0) is 19.7. The number of aryl methyl sites for hydroxylation is 1. The average molecular weight is 369 g/mol. The minimum absolute atomic E-state index is 0.0249. The molecule has 0 aliphatic heterocycles. The molecule has 5 N–H and O–H groups in total. The number of H-pyrrole nitrogens is 1. The van der Waals surface area contributed by atoms with Gasteiger partial charge in [-0.15, -0.1) is 0 Å². The Morgan fingerprint density at radius 1 is 1.26 bits per heavy atom. The zero-order valence-corrected chi connectivity index (χ0v) is 14.9. The second kappa shape index (κ2) is 6.99. The zero-order valence-electron chi connectivity index (χ0n) is 14.9. The van der Waals surface area contributed by atoms with Crippen LogP contribution in [0, 0.1) is 6.92 Å². The SMILES string of the molecule is Cc1oc2ccc(OCc3ccc[nH]c3=O)c(C(C)C(N)=O)c2c1C(N)=O. The normalized spacial score (nSPS) is 12.1. The molecule has 3 aromatic rings. The molecule has 1 aromatic carbocycles. The molecule has 0 aliphatic rings. The van der Waals surface area contributed by atoms with Gasteiger partial charge in [0.1, 0.15) is 23.7 Å². The second-order valence-corrected chi connectivity index (χ2v) is 6.19. The number of nitrogens with one attached hydrogen (secondary N) is 1. The van der Waals surface area contributed by atoms with E-state index in [4.69, 9.17) is 20.6 Å². The molecule has 2 aromatic heterocycles. The number of pyridine rings is 1. The first-order chi connectivity index (χ1) is 12.8. The molecule has 2 amide bonds. The fraction of sp³-hybridized carbons (Fsp3) is 0.211. The Morgan fingerprint density at radius 3 is 2.63 bits per heavy atom. The lowest BCUT2D eigenvalue weighted by molar-refractivity contribution is -0.119. The summed E-state index contributed by atoms with van der Waals surface area (Å²) in [6.45, 7) is 3.19. The quantitative estimate of drug-likeness (QED) is 0.606. The van der Waals surface area contributed by atoms with Crippen LogP contribution in [0.3, 0.4) is 0 Å². The number of aromatic amines is 1. The van der Waals surface area contributed by atoms with E-state index in [-0.39, 0.29) is 17.7 Å². The number of aromatic nitrogens is 1. The highest BCUT2D eigenvalue weighted by atomic mass is 16.5. The van der Waals surface area contributed by atoms with E-state index in [0.29, 0.717) is 33.6 Å². The number of hydrogen-bond acceptors (Lipinski definition) is 5. The standard InChI is InChI=1S/C19H19N3O5/c1-9(17(20)23)14-12(26-8-11-4-3-7-22-19(11)25)5-6-13-16(14)15(18(21)24)10(2)27-13/h3-7,9H,8H2,1-2H3,(H2,20,23)(H2,21,24)(H,22,25). The van der Waals surface area contributed by atoms with E-state index >= 15 is 0 Å². The predicted molar refractivity (Wildman–Crippen MR) is 98.5 cm³/mol. The Morgan fingerprint density at radius 2 is 2.00 bits per heavy atom. The summed E-state index contributed by atoms with van der Waals surface area (Å²) in [5.41, 5.74) is 12.1. The number of carbonyl (C=O) groups is 2. The number of rotatable bonds is 6. The minimum Gasteiger partial charge on any atom is -0.488 e. The van der Waals surface area contributed by atoms with E-state index in [1.165, 1.54) is 6.20 Å². The summed E-state index contributed by atoms with van der Waals surface area (Å²) < 4.78 is 11.4. The van der Waals surface area contributed by atoms with Crippen molar-refractivity contribution in [2.24, 2.45) is 11.5 Å². The van der Waals surface area contributed by atoms with Crippen LogP contribution >= 0.6 is 0 Å². The Labute approximate surface area is 154 Å². The van der Waals surface area contributed by atoms with Crippen molar-refractivity contribution in [3.63, 3.8) is 0 Å². The van der Waals surface area contributed by atoms with E-state index < -0.39 is 17.7 Å². The van der Waals surface area contributed by atoms with Crippen molar-refractivity contribution in [2.45, 2.75) is 26.4 Å². The van der Waals surface area contributed by atoms with Crippen molar-refractivity contribution < 1.29 is 18.7 Å². The molecule has 0 fully saturated rings. The first-order valence-electron chi connectivity index (χ1n) is 8.25. The van der Waals surface area contributed by atoms with Crippen molar-refractivity contribution in [1.29, 1.82) is 0 Å². The van der Waals surface area contributed by atoms with Crippen LogP contribution in [0.15, 0.2) is 39.7 Å². The summed E-state index contributed by atoms with van der Waals surface area (Å²) in [5.74, 6) is -1.39. The number of furan rings is 1. The Hall–Kier alpha value is -3.55. The van der Waals surface area contributed by atoms with E-state index in [9.17, 15) is 14.4 Å². The largest absolute Gasteiger partial charge is 0.488 e. The maximum Gasteiger partial charge on any atom is 0.254 e. The molecule has 1 atom stereocenters. The number of hydrogen-bond donors (Lipinski definition) is 3. The molecule has 0 bridgehead atoms. The highest BCUT2D eigenvalue weighted by Gasteiger charge is 2.27. The number of benzene rings is 1. The second-order valence-electron chi connectivity index (χ2n) is 6.19. The van der Waals surface area contributed by atoms with Crippen LogP contribution in [0.25, 0.3) is 11.0 Å². The summed E-state index contributed by atoms with van der Waals surface area (Å²) in [5, 5.41) is 0.394. The molecular formula is C19H19N3O5. The molecule has 0 saturated carbocycles. The lowest BCUT2D eigenvalue weighted by atomic mass is 9.93. The third kappa shape index (κ3) is 3.29. The third-order valence-corrected chi connectivity index (χ3v) is 4.42. The van der Waals surface area contributed by atoms with Gasteiger partial charge in [-0.3, -0.25) is 14.4 Å². The first-order valence-corrected chi connectivity index (χ1v) is 8.25. The van der Waals surface area contributed by atoms with Crippen LogP contribution in [0.4, 0.5) is 0 Å². The molecule has 0 aliphatic carbocycles. The van der Waals surface area contributed by atoms with Gasteiger partial charge in [0.25, 0.3) is 11.5 Å². The summed E-state index contributed by atoms with van der Waals surface area (Å²) in [7, 11) is 0. The van der Waals surface area contributed by atoms with Gasteiger partial charge in [-0.05, 0) is 38.1 Å². The van der Waals surface area contributed by atoms with Crippen LogP contribution in [-0.2, 0) is 11.4 Å². The highest BCUT2D eigenvalue weighted by Crippen LogP contribution is 2.38. The lowest BCUT2D eigenvalue weighted by Crippen LogP contribution is -2.21. The molecule has 8 heteroatoms. The van der Waals surface area contributed by atoms with Crippen LogP contribution < -0.4 is 21.8 Å². The van der Waals surface area contributed by atoms with Gasteiger partial charge in [0.05, 0.1) is 17.0 Å². The summed E-state index contributed by atoms with van der Waals surface area (Å²) in [6, 6.07) is 6.55. The van der Waals surface area contributed by atoms with Crippen molar-refractivity contribution in [3.8, 4) is 5.75 Å². The van der Waals surface area contributed by atoms with Crippen LogP contribution in [0.2, 0.25) is 0 Å². The van der Waals surface area contributed by atoms with Crippen molar-refractivity contribution >= 4 is 22.8 Å². The summed E-state index contributed by atoms with van der Waals surface area (Å²) in [6.07, 6.45) is 1.52. The Kier molecular flexibility index (Phi) is 4.72. The lowest BCUT2D eigenvalue weighted by Gasteiger charge is -2.16. The van der Waals surface area contributed by atoms with Crippen LogP contribution in [0.1, 0.15) is 40.1 Å². The maximum atomic E-state index is 11.9. The molecule has 27 heavy (non-hydrogen) atoms. The fourth-order valence-electron chi connectivity index (χ4n) is 3.04. The van der Waals surface area contributed by atoms with Gasteiger partial charge in [0.15, 0.2) is 0 Å². The summed E-state index contributed by atoms with van der Waals surface area (Å²) >= 11 is 0. The predicted octanol–water partition coefficient (Wildman–Crippen LogP) is 1.70. The number of amides is 2. The van der Waals surface area contributed by atoms with E-state index in [0.717, 1.165) is 0 Å². The first kappa shape index (κ1) is 18.2. The van der Waals surface area contributed by atoms with E-state index in [2.05, 4.69) is 4.98 Å². The number of ether oxygens (including phenoxy) is 1. The number of fused-ring (bicyclic) bond motifs is 1. The summed E-state index contributed by atoms with van der Waals surface area (Å²) in [4.78, 5) is 38.2. The van der Waals surface area contributed by atoms with Gasteiger partial charge in [0, 0.05) is 17.1 Å². The van der Waals surface area contributed by atoms with Gasteiger partial charge >= 0.3 is 0 Å². The molecule has 1 unspecified atom stereocenters. The number of primary amides is 2. The smallest absolute Gasteiger partial charge is 0.254 e. The van der Waals surface area contributed by atoms with Gasteiger partial charge in [-0.1, -0.05) is 0 Å². The molecule has 0 saturated heterocycles. The molecule has 2 heterocycles. The molecule has 140 valence electrons. The van der Waals surface area contributed by atoms with Crippen LogP contribution in [0.5, 0.6) is 5.75 Å². The maximum absolute atomic E-state index is 11.9. The highest BCUT2D eigenvalue weighted by molar-refractivity contribution is 6.09. The molecule has 8 nitrogen and oxygen atoms in total. The fourth-order valence-corrected chi connectivity index (χ4v) is 3.04. The van der Waals surface area contributed by atoms with Crippen LogP contribution in [-0.4, -0.2) is 16.8 Å². The van der Waals surface area contributed by atoms with Gasteiger partial charge in [-0.2, -0.15) is 0 Å². The van der Waals surface area contributed by atoms with Gasteiger partial charge in [0.2, 0.25) is 5.91 Å². The third-order valence-electron chi connectivity index (χ3n) is 4.42. The van der Waals surface area contributed by atoms with Gasteiger partial charge < -0.3 is 25.6 Å². The van der Waals surface area contributed by atoms with Crippen molar-refractivity contribution in [2.75, 3.05) is 0 Å². The van der Waals surface area contributed by atoms with Gasteiger partial charge in [-0.25, -0.2) is 0 Å². The Balaban J connectivity index is 2.17. The molecule has 0 spiro atoms. The average Bonchev–Trinajstić information content (AvgIpc) is 2.96. The molecular weight excluding hydrogens is 350 g/mol.